The van der Waals surface area contributed by atoms with Gasteiger partial charge >= 0.3 is 0 Å². The summed E-state index contributed by atoms with van der Waals surface area (Å²) >= 11 is 4.32. The Bertz CT molecular complexity index is 1050. The molecule has 144 valence electrons. The van der Waals surface area contributed by atoms with Crippen molar-refractivity contribution >= 4 is 56.7 Å². The number of hydrogen-bond acceptors (Lipinski definition) is 7. The quantitative estimate of drug-likeness (QED) is 0.324. The van der Waals surface area contributed by atoms with Gasteiger partial charge in [0.25, 0.3) is 11.5 Å². The van der Waals surface area contributed by atoms with E-state index in [4.69, 9.17) is 10.2 Å². The number of nitrogens with zero attached hydrogens (tertiary/aromatic N) is 1. The number of H-pyrrole nitrogens is 1. The molecule has 0 saturated carbocycles. The van der Waals surface area contributed by atoms with Crippen LogP contribution in [0.25, 0.3) is 0 Å². The summed E-state index contributed by atoms with van der Waals surface area (Å²) in [6, 6.07) is 10.1. The standard InChI is InChI=1S/C17H14BrN5O4S/c18-9-3-5-10(6-4-9)20-12(24)8-28-17-22-14(19)13(16(26)23-17)21-15(25)11-2-1-7-27-11/h1-7H,8H2,(H,20,24)(H,21,25)(H3,19,22,23,26). The van der Waals surface area contributed by atoms with E-state index in [0.717, 1.165) is 16.2 Å². The van der Waals surface area contributed by atoms with Crippen LogP contribution in [0, 0.1) is 0 Å². The summed E-state index contributed by atoms with van der Waals surface area (Å²) in [6.07, 6.45) is 1.33. The van der Waals surface area contributed by atoms with E-state index in [1.54, 1.807) is 30.3 Å². The summed E-state index contributed by atoms with van der Waals surface area (Å²) in [7, 11) is 0. The maximum absolute atomic E-state index is 12.2. The number of nitrogen functional groups attached to an aromatic ring is 1. The van der Waals surface area contributed by atoms with Crippen LogP contribution in [-0.4, -0.2) is 27.5 Å². The Hall–Kier alpha value is -3.05. The summed E-state index contributed by atoms with van der Waals surface area (Å²) in [5, 5.41) is 5.23. The number of nitrogens with one attached hydrogen (secondary N) is 3. The summed E-state index contributed by atoms with van der Waals surface area (Å²) in [6.45, 7) is 0. The van der Waals surface area contributed by atoms with Crippen LogP contribution in [0.1, 0.15) is 10.6 Å². The first-order valence-corrected chi connectivity index (χ1v) is 9.63. The molecule has 5 N–H and O–H groups in total. The number of aromatic nitrogens is 2. The number of thioether (sulfide) groups is 1. The summed E-state index contributed by atoms with van der Waals surface area (Å²) in [5.41, 5.74) is 5.59. The third kappa shape index (κ3) is 5.02. The van der Waals surface area contributed by atoms with Crippen LogP contribution in [0.15, 0.2) is 61.5 Å². The smallest absolute Gasteiger partial charge is 0.291 e. The van der Waals surface area contributed by atoms with Gasteiger partial charge in [-0.05, 0) is 36.4 Å². The molecule has 0 saturated heterocycles. The van der Waals surface area contributed by atoms with Crippen molar-refractivity contribution in [1.29, 1.82) is 0 Å². The van der Waals surface area contributed by atoms with Gasteiger partial charge in [-0.15, -0.1) is 0 Å². The fraction of sp³-hybridized carbons (Fsp3) is 0.0588. The maximum atomic E-state index is 12.2. The predicted molar refractivity (Wildman–Crippen MR) is 109 cm³/mol. The molecule has 0 fully saturated rings. The Morgan fingerprint density at radius 2 is 1.96 bits per heavy atom. The third-order valence-electron chi connectivity index (χ3n) is 3.38. The monoisotopic (exact) mass is 463 g/mol. The van der Waals surface area contributed by atoms with Crippen molar-refractivity contribution in [3.63, 3.8) is 0 Å². The minimum absolute atomic E-state index is 0.0105. The predicted octanol–water partition coefficient (Wildman–Crippen LogP) is 2.69. The largest absolute Gasteiger partial charge is 0.459 e. The van der Waals surface area contributed by atoms with E-state index < -0.39 is 11.5 Å². The minimum Gasteiger partial charge on any atom is -0.459 e. The normalized spacial score (nSPS) is 10.5. The molecular weight excluding hydrogens is 450 g/mol. The zero-order chi connectivity index (χ0) is 20.1. The number of amides is 2. The highest BCUT2D eigenvalue weighted by molar-refractivity contribution is 9.10. The van der Waals surface area contributed by atoms with Gasteiger partial charge < -0.3 is 20.8 Å². The molecule has 3 aromatic rings. The zero-order valence-electron chi connectivity index (χ0n) is 14.2. The van der Waals surface area contributed by atoms with Gasteiger partial charge in [-0.3, -0.25) is 19.4 Å². The molecule has 0 bridgehead atoms. The second-order valence-corrected chi connectivity index (χ2v) is 7.29. The number of nitrogens with two attached hydrogens (primary N) is 1. The van der Waals surface area contributed by atoms with Gasteiger partial charge in [0.1, 0.15) is 0 Å². The van der Waals surface area contributed by atoms with Crippen LogP contribution in [0.2, 0.25) is 0 Å². The fourth-order valence-electron chi connectivity index (χ4n) is 2.11. The van der Waals surface area contributed by atoms with Crippen LogP contribution in [-0.2, 0) is 4.79 Å². The lowest BCUT2D eigenvalue weighted by molar-refractivity contribution is -0.113. The Labute approximate surface area is 171 Å². The number of halogens is 1. The molecule has 2 heterocycles. The van der Waals surface area contributed by atoms with E-state index in [2.05, 4.69) is 36.5 Å². The molecule has 1 aromatic carbocycles. The molecule has 3 rings (SSSR count). The molecule has 28 heavy (non-hydrogen) atoms. The molecule has 0 spiro atoms. The Kier molecular flexibility index (Phi) is 6.16. The number of carbonyl (C=O) groups excluding carboxylic acids is 2. The average Bonchev–Trinajstić information content (AvgIpc) is 3.20. The van der Waals surface area contributed by atoms with Crippen LogP contribution in [0.3, 0.4) is 0 Å². The van der Waals surface area contributed by atoms with E-state index in [0.29, 0.717) is 5.69 Å². The highest BCUT2D eigenvalue weighted by Gasteiger charge is 2.16. The lowest BCUT2D eigenvalue weighted by atomic mass is 10.3. The SMILES string of the molecule is Nc1nc(SCC(=O)Nc2ccc(Br)cc2)[nH]c(=O)c1NC(=O)c1ccco1. The molecule has 0 atom stereocenters. The van der Waals surface area contributed by atoms with Gasteiger partial charge in [-0.2, -0.15) is 0 Å². The number of rotatable bonds is 6. The highest BCUT2D eigenvalue weighted by Crippen LogP contribution is 2.18. The first-order valence-electron chi connectivity index (χ1n) is 7.85. The van der Waals surface area contributed by atoms with E-state index in [-0.39, 0.29) is 34.1 Å². The van der Waals surface area contributed by atoms with Crippen LogP contribution >= 0.6 is 27.7 Å². The van der Waals surface area contributed by atoms with Gasteiger partial charge in [-0.25, -0.2) is 4.98 Å². The second kappa shape index (κ2) is 8.76. The molecule has 0 aliphatic carbocycles. The zero-order valence-corrected chi connectivity index (χ0v) is 16.6. The first kappa shape index (κ1) is 19.7. The van der Waals surface area contributed by atoms with Gasteiger partial charge in [0.2, 0.25) is 5.91 Å². The highest BCUT2D eigenvalue weighted by atomic mass is 79.9. The van der Waals surface area contributed by atoms with Gasteiger partial charge in [0.05, 0.1) is 12.0 Å². The molecule has 9 nitrogen and oxygen atoms in total. The summed E-state index contributed by atoms with van der Waals surface area (Å²) in [4.78, 5) is 42.7. The van der Waals surface area contributed by atoms with Crippen LogP contribution < -0.4 is 21.9 Å². The van der Waals surface area contributed by atoms with Crippen LogP contribution in [0.5, 0.6) is 0 Å². The Morgan fingerprint density at radius 1 is 1.21 bits per heavy atom. The molecular formula is C17H14BrN5O4S. The Balaban J connectivity index is 1.62. The number of anilines is 3. The van der Waals surface area contributed by atoms with E-state index in [1.807, 2.05) is 0 Å². The number of benzene rings is 1. The number of carbonyl (C=O) groups is 2. The molecule has 2 aromatic heterocycles. The molecule has 2 amide bonds. The van der Waals surface area contributed by atoms with E-state index in [9.17, 15) is 14.4 Å². The lowest BCUT2D eigenvalue weighted by Crippen LogP contribution is -2.23. The Morgan fingerprint density at radius 3 is 2.61 bits per heavy atom. The lowest BCUT2D eigenvalue weighted by Gasteiger charge is -2.08. The average molecular weight is 464 g/mol. The second-order valence-electron chi connectivity index (χ2n) is 5.41. The minimum atomic E-state index is -0.636. The number of aromatic amines is 1. The van der Waals surface area contributed by atoms with Crippen molar-refractivity contribution in [3.05, 3.63) is 63.2 Å². The van der Waals surface area contributed by atoms with Crippen molar-refractivity contribution < 1.29 is 14.0 Å². The number of hydrogen-bond donors (Lipinski definition) is 4. The third-order valence-corrected chi connectivity index (χ3v) is 4.78. The molecule has 0 unspecified atom stereocenters. The first-order chi connectivity index (χ1) is 13.4. The molecule has 0 radical (unpaired) electrons. The summed E-state index contributed by atoms with van der Waals surface area (Å²) < 4.78 is 5.85. The van der Waals surface area contributed by atoms with E-state index >= 15 is 0 Å². The van der Waals surface area contributed by atoms with Crippen molar-refractivity contribution in [2.75, 3.05) is 22.1 Å². The molecule has 0 aliphatic rings. The van der Waals surface area contributed by atoms with Crippen molar-refractivity contribution in [3.8, 4) is 0 Å². The van der Waals surface area contributed by atoms with Crippen molar-refractivity contribution in [1.82, 2.24) is 9.97 Å². The van der Waals surface area contributed by atoms with Gasteiger partial charge in [0, 0.05) is 10.2 Å². The fourth-order valence-corrected chi connectivity index (χ4v) is 3.04. The maximum Gasteiger partial charge on any atom is 0.291 e. The summed E-state index contributed by atoms with van der Waals surface area (Å²) in [5.74, 6) is -1.03. The topological polar surface area (TPSA) is 143 Å². The number of furan rings is 1. The van der Waals surface area contributed by atoms with Crippen molar-refractivity contribution in [2.24, 2.45) is 0 Å². The van der Waals surface area contributed by atoms with Crippen LogP contribution in [0.4, 0.5) is 17.2 Å². The molecule has 11 heteroatoms. The van der Waals surface area contributed by atoms with Gasteiger partial charge in [0.15, 0.2) is 22.4 Å². The molecule has 0 aliphatic heterocycles. The van der Waals surface area contributed by atoms with Crippen molar-refractivity contribution in [2.45, 2.75) is 5.16 Å². The van der Waals surface area contributed by atoms with E-state index in [1.165, 1.54) is 12.3 Å². The van der Waals surface area contributed by atoms with Gasteiger partial charge in [-0.1, -0.05) is 27.7 Å².